The van der Waals surface area contributed by atoms with Gasteiger partial charge in [-0.2, -0.15) is 0 Å². The SMILES string of the molecule is Cc1ccc(C(=O)OC(=O)CCC(=O)OC(=O)c2ccc(C)cc2)cc1. The largest absolute Gasteiger partial charge is 0.389 e. The highest BCUT2D eigenvalue weighted by Crippen LogP contribution is 2.08. The van der Waals surface area contributed by atoms with Gasteiger partial charge in [-0.3, -0.25) is 9.59 Å². The van der Waals surface area contributed by atoms with Crippen molar-refractivity contribution in [1.82, 2.24) is 0 Å². The van der Waals surface area contributed by atoms with Crippen molar-refractivity contribution in [3.63, 3.8) is 0 Å². The van der Waals surface area contributed by atoms with E-state index in [1.807, 2.05) is 13.8 Å². The van der Waals surface area contributed by atoms with Gasteiger partial charge in [0.1, 0.15) is 0 Å². The Labute approximate surface area is 150 Å². The van der Waals surface area contributed by atoms with E-state index in [1.54, 1.807) is 48.5 Å². The van der Waals surface area contributed by atoms with Crippen LogP contribution in [0.4, 0.5) is 0 Å². The zero-order chi connectivity index (χ0) is 19.1. The molecule has 0 spiro atoms. The molecule has 0 fully saturated rings. The van der Waals surface area contributed by atoms with E-state index in [1.165, 1.54) is 0 Å². The van der Waals surface area contributed by atoms with Gasteiger partial charge in [0, 0.05) is 0 Å². The van der Waals surface area contributed by atoms with Crippen LogP contribution in [0.15, 0.2) is 48.5 Å². The van der Waals surface area contributed by atoms with Gasteiger partial charge in [-0.25, -0.2) is 9.59 Å². The molecule has 0 bridgehead atoms. The molecule has 2 aromatic rings. The Kier molecular flexibility index (Phi) is 6.38. The first kappa shape index (κ1) is 19.1. The molecule has 6 heteroatoms. The van der Waals surface area contributed by atoms with E-state index in [0.29, 0.717) is 0 Å². The van der Waals surface area contributed by atoms with E-state index in [9.17, 15) is 19.2 Å². The fraction of sp³-hybridized carbons (Fsp3) is 0.200. The van der Waals surface area contributed by atoms with E-state index in [4.69, 9.17) is 0 Å². The van der Waals surface area contributed by atoms with E-state index in [0.717, 1.165) is 11.1 Å². The topological polar surface area (TPSA) is 86.7 Å². The van der Waals surface area contributed by atoms with Gasteiger partial charge in [-0.1, -0.05) is 35.4 Å². The zero-order valence-corrected chi connectivity index (χ0v) is 14.5. The van der Waals surface area contributed by atoms with Crippen molar-refractivity contribution < 1.29 is 28.7 Å². The first-order valence-corrected chi connectivity index (χ1v) is 7.98. The van der Waals surface area contributed by atoms with Crippen LogP contribution in [0.5, 0.6) is 0 Å². The standard InChI is InChI=1S/C20H18O6/c1-13-3-7-15(8-4-13)19(23)25-17(21)11-12-18(22)26-20(24)16-9-5-14(2)6-10-16/h3-10H,11-12H2,1-2H3. The molecule has 2 aromatic carbocycles. The number of benzene rings is 2. The summed E-state index contributed by atoms with van der Waals surface area (Å²) in [6, 6.07) is 13.0. The van der Waals surface area contributed by atoms with E-state index >= 15 is 0 Å². The van der Waals surface area contributed by atoms with Crippen LogP contribution in [0.25, 0.3) is 0 Å². The lowest BCUT2D eigenvalue weighted by molar-refractivity contribution is -0.144. The summed E-state index contributed by atoms with van der Waals surface area (Å²) < 4.78 is 9.32. The second-order valence-electron chi connectivity index (χ2n) is 5.76. The number of hydrogen-bond donors (Lipinski definition) is 0. The molecule has 0 aliphatic carbocycles. The van der Waals surface area contributed by atoms with Crippen molar-refractivity contribution in [2.24, 2.45) is 0 Å². The zero-order valence-electron chi connectivity index (χ0n) is 14.5. The first-order valence-electron chi connectivity index (χ1n) is 7.98. The molecule has 0 unspecified atom stereocenters. The van der Waals surface area contributed by atoms with Crippen LogP contribution in [0, 0.1) is 13.8 Å². The van der Waals surface area contributed by atoms with Gasteiger partial charge in [0.15, 0.2) is 0 Å². The maximum Gasteiger partial charge on any atom is 0.345 e. The number of aryl methyl sites for hydroxylation is 2. The highest BCUT2D eigenvalue weighted by molar-refractivity contribution is 5.99. The fourth-order valence-electron chi connectivity index (χ4n) is 2.01. The molecular formula is C20H18O6. The molecule has 6 nitrogen and oxygen atoms in total. The Balaban J connectivity index is 1.78. The number of rotatable bonds is 5. The van der Waals surface area contributed by atoms with Crippen molar-refractivity contribution in [2.45, 2.75) is 26.7 Å². The van der Waals surface area contributed by atoms with Gasteiger partial charge in [0.2, 0.25) is 0 Å². The summed E-state index contributed by atoms with van der Waals surface area (Å²) in [6.45, 7) is 3.73. The number of carbonyl (C=O) groups excluding carboxylic acids is 4. The van der Waals surface area contributed by atoms with Crippen LogP contribution in [0.3, 0.4) is 0 Å². The summed E-state index contributed by atoms with van der Waals surface area (Å²) in [6.07, 6.45) is -0.727. The summed E-state index contributed by atoms with van der Waals surface area (Å²) >= 11 is 0. The number of carbonyl (C=O) groups is 4. The van der Waals surface area contributed by atoms with Gasteiger partial charge >= 0.3 is 23.9 Å². The van der Waals surface area contributed by atoms with Gasteiger partial charge < -0.3 is 9.47 Å². The van der Waals surface area contributed by atoms with Gasteiger partial charge in [-0.05, 0) is 38.1 Å². The minimum absolute atomic E-state index is 0.237. The number of ether oxygens (including phenoxy) is 2. The smallest absolute Gasteiger partial charge is 0.345 e. The summed E-state index contributed by atoms with van der Waals surface area (Å²) in [5.74, 6) is -3.32. The molecule has 0 aromatic heterocycles. The highest BCUT2D eigenvalue weighted by atomic mass is 16.6. The van der Waals surface area contributed by atoms with E-state index < -0.39 is 23.9 Å². The summed E-state index contributed by atoms with van der Waals surface area (Å²) in [5, 5.41) is 0. The predicted octanol–water partition coefficient (Wildman–Crippen LogP) is 3.15. The molecule has 26 heavy (non-hydrogen) atoms. The third kappa shape index (κ3) is 5.66. The van der Waals surface area contributed by atoms with Crippen LogP contribution >= 0.6 is 0 Å². The lowest BCUT2D eigenvalue weighted by atomic mass is 10.1. The Bertz CT molecular complexity index is 747. The van der Waals surface area contributed by atoms with Crippen LogP contribution in [-0.4, -0.2) is 23.9 Å². The van der Waals surface area contributed by atoms with Crippen LogP contribution < -0.4 is 0 Å². The molecule has 0 saturated carbocycles. The van der Waals surface area contributed by atoms with E-state index in [-0.39, 0.29) is 24.0 Å². The molecule has 0 radical (unpaired) electrons. The van der Waals surface area contributed by atoms with Crippen LogP contribution in [0.1, 0.15) is 44.7 Å². The molecule has 0 N–H and O–H groups in total. The number of esters is 4. The molecule has 0 aliphatic rings. The number of hydrogen-bond acceptors (Lipinski definition) is 6. The van der Waals surface area contributed by atoms with Gasteiger partial charge in [-0.15, -0.1) is 0 Å². The Hall–Kier alpha value is -3.28. The average molecular weight is 354 g/mol. The monoisotopic (exact) mass is 354 g/mol. The molecule has 0 aliphatic heterocycles. The lowest BCUT2D eigenvalue weighted by Gasteiger charge is -2.04. The Morgan fingerprint density at radius 3 is 1.23 bits per heavy atom. The maximum absolute atomic E-state index is 11.8. The molecule has 0 saturated heterocycles. The molecular weight excluding hydrogens is 336 g/mol. The fourth-order valence-corrected chi connectivity index (χ4v) is 2.01. The minimum Gasteiger partial charge on any atom is -0.389 e. The van der Waals surface area contributed by atoms with Crippen LogP contribution in [-0.2, 0) is 19.1 Å². The van der Waals surface area contributed by atoms with Crippen molar-refractivity contribution in [2.75, 3.05) is 0 Å². The lowest BCUT2D eigenvalue weighted by Crippen LogP contribution is -2.17. The third-order valence-electron chi connectivity index (χ3n) is 3.52. The van der Waals surface area contributed by atoms with Crippen molar-refractivity contribution in [3.05, 3.63) is 70.8 Å². The highest BCUT2D eigenvalue weighted by Gasteiger charge is 2.17. The van der Waals surface area contributed by atoms with Crippen molar-refractivity contribution >= 4 is 23.9 Å². The van der Waals surface area contributed by atoms with Crippen molar-refractivity contribution in [1.29, 1.82) is 0 Å². The predicted molar refractivity (Wildman–Crippen MR) is 92.4 cm³/mol. The second-order valence-corrected chi connectivity index (χ2v) is 5.76. The second kappa shape index (κ2) is 8.71. The normalized spacial score (nSPS) is 10.1. The summed E-state index contributed by atoms with van der Waals surface area (Å²) in [7, 11) is 0. The Morgan fingerprint density at radius 1 is 0.615 bits per heavy atom. The quantitative estimate of drug-likeness (QED) is 0.605. The Morgan fingerprint density at radius 2 is 0.923 bits per heavy atom. The molecule has 134 valence electrons. The van der Waals surface area contributed by atoms with E-state index in [2.05, 4.69) is 9.47 Å². The first-order chi connectivity index (χ1) is 12.3. The molecule has 0 amide bonds. The molecule has 2 rings (SSSR count). The summed E-state index contributed by atoms with van der Waals surface area (Å²) in [5.41, 5.74) is 2.41. The maximum atomic E-state index is 11.8. The van der Waals surface area contributed by atoms with Gasteiger partial charge in [0.25, 0.3) is 0 Å². The van der Waals surface area contributed by atoms with Gasteiger partial charge in [0.05, 0.1) is 24.0 Å². The molecule has 0 heterocycles. The molecule has 0 atom stereocenters. The van der Waals surface area contributed by atoms with Crippen LogP contribution in [0.2, 0.25) is 0 Å². The third-order valence-corrected chi connectivity index (χ3v) is 3.52. The summed E-state index contributed by atoms with van der Waals surface area (Å²) in [4.78, 5) is 46.9. The van der Waals surface area contributed by atoms with Crippen molar-refractivity contribution in [3.8, 4) is 0 Å². The average Bonchev–Trinajstić information content (AvgIpc) is 2.61. The minimum atomic E-state index is -0.865.